The van der Waals surface area contributed by atoms with Gasteiger partial charge in [-0.05, 0) is 30.5 Å². The van der Waals surface area contributed by atoms with Gasteiger partial charge < -0.3 is 14.4 Å². The number of halogens is 1. The standard InChI is InChI=1S/C28H27ClN4O3/c29-27-9-5-4-8-22(27)20-35-26-14-23(15-30-17-26)24-16-31-33(18-24)25-10-12-32(13-11-25)28(34)36-19-21-6-2-1-3-7-21/h1-9,14-18,25H,10-13,19-20H2. The number of amides is 1. The van der Waals surface area contributed by atoms with Crippen LogP contribution in [0.1, 0.15) is 30.0 Å². The topological polar surface area (TPSA) is 69.5 Å². The van der Waals surface area contributed by atoms with Crippen LogP contribution in [0.3, 0.4) is 0 Å². The first-order valence-corrected chi connectivity index (χ1v) is 12.3. The molecule has 0 saturated carbocycles. The summed E-state index contributed by atoms with van der Waals surface area (Å²) in [5.74, 6) is 0.669. The second kappa shape index (κ2) is 11.3. The third kappa shape index (κ3) is 5.86. The first-order valence-electron chi connectivity index (χ1n) is 12.0. The fraction of sp³-hybridized carbons (Fsp3) is 0.250. The summed E-state index contributed by atoms with van der Waals surface area (Å²) in [6.07, 6.45) is 8.74. The Hall–Kier alpha value is -3.84. The first-order chi connectivity index (χ1) is 17.7. The third-order valence-electron chi connectivity index (χ3n) is 6.30. The number of hydrogen-bond donors (Lipinski definition) is 0. The van der Waals surface area contributed by atoms with Crippen molar-refractivity contribution in [2.75, 3.05) is 13.1 Å². The quantitative estimate of drug-likeness (QED) is 0.303. The third-order valence-corrected chi connectivity index (χ3v) is 6.67. The van der Waals surface area contributed by atoms with Crippen molar-refractivity contribution in [3.05, 3.63) is 102 Å². The number of benzene rings is 2. The highest BCUT2D eigenvalue weighted by atomic mass is 35.5. The van der Waals surface area contributed by atoms with Gasteiger partial charge in [0.1, 0.15) is 19.0 Å². The van der Waals surface area contributed by atoms with E-state index in [1.165, 1.54) is 0 Å². The molecular weight excluding hydrogens is 476 g/mol. The molecule has 0 radical (unpaired) electrons. The molecule has 2 aromatic carbocycles. The van der Waals surface area contributed by atoms with Crippen LogP contribution in [0.4, 0.5) is 4.79 Å². The van der Waals surface area contributed by atoms with E-state index in [1.54, 1.807) is 17.3 Å². The number of ether oxygens (including phenoxy) is 2. The molecule has 0 bridgehead atoms. The van der Waals surface area contributed by atoms with Gasteiger partial charge in [-0.15, -0.1) is 0 Å². The van der Waals surface area contributed by atoms with Crippen LogP contribution in [0, 0.1) is 0 Å². The molecule has 1 aliphatic rings. The lowest BCUT2D eigenvalue weighted by Gasteiger charge is -2.31. The van der Waals surface area contributed by atoms with Gasteiger partial charge in [-0.2, -0.15) is 5.10 Å². The molecule has 1 saturated heterocycles. The highest BCUT2D eigenvalue weighted by Crippen LogP contribution is 2.27. The minimum Gasteiger partial charge on any atom is -0.487 e. The number of nitrogens with zero attached hydrogens (tertiary/aromatic N) is 4. The number of carbonyl (C=O) groups excluding carboxylic acids is 1. The fourth-order valence-corrected chi connectivity index (χ4v) is 4.43. The number of piperidine rings is 1. The molecule has 0 atom stereocenters. The maximum atomic E-state index is 12.5. The van der Waals surface area contributed by atoms with Crippen molar-refractivity contribution in [2.24, 2.45) is 0 Å². The number of carbonyl (C=O) groups is 1. The maximum absolute atomic E-state index is 12.5. The molecule has 3 heterocycles. The van der Waals surface area contributed by atoms with Crippen molar-refractivity contribution in [1.29, 1.82) is 0 Å². The van der Waals surface area contributed by atoms with Gasteiger partial charge in [-0.25, -0.2) is 4.79 Å². The van der Waals surface area contributed by atoms with Crippen LogP contribution in [-0.2, 0) is 18.0 Å². The normalized spacial score (nSPS) is 14.0. The SMILES string of the molecule is O=C(OCc1ccccc1)N1CCC(n2cc(-c3cncc(OCc4ccccc4Cl)c3)cn2)CC1. The lowest BCUT2D eigenvalue weighted by molar-refractivity contribution is 0.0821. The molecule has 7 nitrogen and oxygen atoms in total. The highest BCUT2D eigenvalue weighted by Gasteiger charge is 2.25. The lowest BCUT2D eigenvalue weighted by Crippen LogP contribution is -2.39. The van der Waals surface area contributed by atoms with Crippen molar-refractivity contribution in [3.63, 3.8) is 0 Å². The van der Waals surface area contributed by atoms with Gasteiger partial charge >= 0.3 is 6.09 Å². The summed E-state index contributed by atoms with van der Waals surface area (Å²) in [5, 5.41) is 5.27. The van der Waals surface area contributed by atoms with E-state index in [2.05, 4.69) is 10.1 Å². The molecule has 4 aromatic rings. The Bertz CT molecular complexity index is 1300. The Morgan fingerprint density at radius 2 is 1.72 bits per heavy atom. The van der Waals surface area contributed by atoms with Gasteiger partial charge in [0.2, 0.25) is 0 Å². The van der Waals surface area contributed by atoms with Crippen molar-refractivity contribution in [1.82, 2.24) is 19.7 Å². The molecule has 0 unspecified atom stereocenters. The molecule has 36 heavy (non-hydrogen) atoms. The largest absolute Gasteiger partial charge is 0.487 e. The second-order valence-corrected chi connectivity index (χ2v) is 9.16. The summed E-state index contributed by atoms with van der Waals surface area (Å²) < 4.78 is 13.4. The molecule has 0 N–H and O–H groups in total. The smallest absolute Gasteiger partial charge is 0.410 e. The molecular formula is C28H27ClN4O3. The summed E-state index contributed by atoms with van der Waals surface area (Å²) in [6, 6.07) is 19.5. The fourth-order valence-electron chi connectivity index (χ4n) is 4.24. The zero-order valence-electron chi connectivity index (χ0n) is 19.8. The monoisotopic (exact) mass is 502 g/mol. The van der Waals surface area contributed by atoms with Crippen molar-refractivity contribution < 1.29 is 14.3 Å². The summed E-state index contributed by atoms with van der Waals surface area (Å²) in [5.41, 5.74) is 3.81. The highest BCUT2D eigenvalue weighted by molar-refractivity contribution is 6.31. The minimum absolute atomic E-state index is 0.226. The van der Waals surface area contributed by atoms with Crippen molar-refractivity contribution in [2.45, 2.75) is 32.1 Å². The van der Waals surface area contributed by atoms with Gasteiger partial charge in [0, 0.05) is 47.2 Å². The zero-order chi connectivity index (χ0) is 24.7. The first kappa shape index (κ1) is 23.9. The van der Waals surface area contributed by atoms with Crippen LogP contribution >= 0.6 is 11.6 Å². The van der Waals surface area contributed by atoms with Crippen molar-refractivity contribution >= 4 is 17.7 Å². The van der Waals surface area contributed by atoms with Gasteiger partial charge in [0.15, 0.2) is 0 Å². The molecule has 5 rings (SSSR count). The zero-order valence-corrected chi connectivity index (χ0v) is 20.6. The maximum Gasteiger partial charge on any atom is 0.410 e. The van der Waals surface area contributed by atoms with Crippen LogP contribution in [-0.4, -0.2) is 38.8 Å². The van der Waals surface area contributed by atoms with E-state index in [9.17, 15) is 4.79 Å². The second-order valence-electron chi connectivity index (χ2n) is 8.76. The molecule has 1 aliphatic heterocycles. The predicted molar refractivity (Wildman–Crippen MR) is 138 cm³/mol. The molecule has 1 amide bonds. The Kier molecular flexibility index (Phi) is 7.47. The Labute approximate surface area is 215 Å². The molecule has 184 valence electrons. The summed E-state index contributed by atoms with van der Waals surface area (Å²) >= 11 is 6.23. The van der Waals surface area contributed by atoms with Crippen LogP contribution in [0.15, 0.2) is 85.5 Å². The van der Waals surface area contributed by atoms with Gasteiger partial charge in [-0.1, -0.05) is 60.1 Å². The van der Waals surface area contributed by atoms with Gasteiger partial charge in [0.05, 0.1) is 18.4 Å². The van der Waals surface area contributed by atoms with E-state index >= 15 is 0 Å². The van der Waals surface area contributed by atoms with Gasteiger partial charge in [0.25, 0.3) is 0 Å². The summed E-state index contributed by atoms with van der Waals surface area (Å²) in [6.45, 7) is 1.94. The molecule has 0 aliphatic carbocycles. The predicted octanol–water partition coefficient (Wildman–Crippen LogP) is 6.15. The number of pyridine rings is 1. The average Bonchev–Trinajstić information content (AvgIpc) is 3.43. The van der Waals surface area contributed by atoms with E-state index < -0.39 is 0 Å². The average molecular weight is 503 g/mol. The number of rotatable bonds is 7. The number of aromatic nitrogens is 3. The van der Waals surface area contributed by atoms with Crippen LogP contribution in [0.25, 0.3) is 11.1 Å². The number of likely N-dealkylation sites (tertiary alicyclic amines) is 1. The van der Waals surface area contributed by atoms with Crippen molar-refractivity contribution in [3.8, 4) is 16.9 Å². The van der Waals surface area contributed by atoms with E-state index in [0.717, 1.165) is 35.1 Å². The Balaban J connectivity index is 1.15. The van der Waals surface area contributed by atoms with E-state index in [0.29, 0.717) is 30.5 Å². The molecule has 2 aromatic heterocycles. The summed E-state index contributed by atoms with van der Waals surface area (Å²) in [7, 11) is 0. The molecule has 8 heteroatoms. The van der Waals surface area contributed by atoms with Gasteiger partial charge in [-0.3, -0.25) is 9.67 Å². The van der Waals surface area contributed by atoms with E-state index in [-0.39, 0.29) is 18.7 Å². The minimum atomic E-state index is -0.266. The number of hydrogen-bond acceptors (Lipinski definition) is 5. The van der Waals surface area contributed by atoms with Crippen LogP contribution in [0.5, 0.6) is 5.75 Å². The Morgan fingerprint density at radius 3 is 2.53 bits per heavy atom. The molecule has 1 fully saturated rings. The van der Waals surface area contributed by atoms with E-state index in [1.807, 2.05) is 77.7 Å². The molecule has 0 spiro atoms. The van der Waals surface area contributed by atoms with Crippen LogP contribution < -0.4 is 4.74 Å². The van der Waals surface area contributed by atoms with Crippen LogP contribution in [0.2, 0.25) is 5.02 Å². The Morgan fingerprint density at radius 1 is 0.944 bits per heavy atom. The van der Waals surface area contributed by atoms with E-state index in [4.69, 9.17) is 21.1 Å². The summed E-state index contributed by atoms with van der Waals surface area (Å²) in [4.78, 5) is 18.6. The lowest BCUT2D eigenvalue weighted by atomic mass is 10.1.